The van der Waals surface area contributed by atoms with Gasteiger partial charge in [-0.25, -0.2) is 0 Å². The van der Waals surface area contributed by atoms with Gasteiger partial charge in [-0.15, -0.1) is 0 Å². The fourth-order valence-electron chi connectivity index (χ4n) is 3.98. The summed E-state index contributed by atoms with van der Waals surface area (Å²) < 4.78 is 26.7. The van der Waals surface area contributed by atoms with E-state index < -0.39 is 0 Å². The Morgan fingerprint density at radius 2 is 1.19 bits per heavy atom. The van der Waals surface area contributed by atoms with Crippen LogP contribution in [0.15, 0.2) is 24.3 Å². The maximum atomic E-state index is 12.0. The SMILES string of the molecule is O=CCOCCOCCNC(=O)COCCOCCCCCNC(=O)CCCCCCCCCOc1ccc(C=O)cc1. The van der Waals surface area contributed by atoms with Crippen LogP contribution in [0.3, 0.4) is 0 Å². The van der Waals surface area contributed by atoms with E-state index in [1.54, 1.807) is 12.1 Å². The van der Waals surface area contributed by atoms with E-state index in [4.69, 9.17) is 23.7 Å². The van der Waals surface area contributed by atoms with Gasteiger partial charge in [0, 0.05) is 31.7 Å². The molecule has 43 heavy (non-hydrogen) atoms. The Kier molecular flexibility index (Phi) is 25.9. The highest BCUT2D eigenvalue weighted by molar-refractivity contribution is 5.77. The minimum atomic E-state index is -0.210. The fourth-order valence-corrected chi connectivity index (χ4v) is 3.98. The average molecular weight is 609 g/mol. The van der Waals surface area contributed by atoms with E-state index in [9.17, 15) is 19.2 Å². The molecule has 0 aliphatic heterocycles. The molecule has 1 rings (SSSR count). The lowest BCUT2D eigenvalue weighted by molar-refractivity contribution is -0.126. The van der Waals surface area contributed by atoms with Crippen LogP contribution in [0.4, 0.5) is 0 Å². The first-order valence-electron chi connectivity index (χ1n) is 15.6. The van der Waals surface area contributed by atoms with E-state index in [1.807, 2.05) is 12.1 Å². The third kappa shape index (κ3) is 25.4. The predicted molar refractivity (Wildman–Crippen MR) is 163 cm³/mol. The number of aldehydes is 2. The number of unbranched alkanes of at least 4 members (excludes halogenated alkanes) is 8. The molecule has 0 heterocycles. The summed E-state index contributed by atoms with van der Waals surface area (Å²) >= 11 is 0. The second kappa shape index (κ2) is 29.2. The van der Waals surface area contributed by atoms with Crippen LogP contribution >= 0.6 is 0 Å². The molecule has 0 aliphatic carbocycles. The summed E-state index contributed by atoms with van der Waals surface area (Å²) in [4.78, 5) is 44.4. The summed E-state index contributed by atoms with van der Waals surface area (Å²) in [6.07, 6.45) is 12.6. The summed E-state index contributed by atoms with van der Waals surface area (Å²) in [5.74, 6) is 0.717. The Hall–Kier alpha value is -2.86. The zero-order chi connectivity index (χ0) is 31.1. The molecule has 11 heteroatoms. The Balaban J connectivity index is 1.75. The Morgan fingerprint density at radius 1 is 0.581 bits per heavy atom. The highest BCUT2D eigenvalue weighted by Crippen LogP contribution is 2.13. The van der Waals surface area contributed by atoms with Gasteiger partial charge in [-0.2, -0.15) is 0 Å². The van der Waals surface area contributed by atoms with Crippen molar-refractivity contribution in [1.29, 1.82) is 0 Å². The minimum Gasteiger partial charge on any atom is -0.494 e. The van der Waals surface area contributed by atoms with Crippen molar-refractivity contribution in [1.82, 2.24) is 10.6 Å². The van der Waals surface area contributed by atoms with Crippen LogP contribution in [-0.2, 0) is 33.3 Å². The predicted octanol–water partition coefficient (Wildman–Crippen LogP) is 3.67. The molecule has 0 unspecified atom stereocenters. The van der Waals surface area contributed by atoms with Gasteiger partial charge in [-0.1, -0.05) is 32.1 Å². The van der Waals surface area contributed by atoms with Crippen molar-refractivity contribution >= 4 is 24.4 Å². The van der Waals surface area contributed by atoms with Crippen LogP contribution < -0.4 is 15.4 Å². The number of hydrogen-bond acceptors (Lipinski definition) is 9. The van der Waals surface area contributed by atoms with Crippen LogP contribution in [0.25, 0.3) is 0 Å². The third-order valence-electron chi connectivity index (χ3n) is 6.35. The summed E-state index contributed by atoms with van der Waals surface area (Å²) in [6.45, 7) is 4.29. The molecule has 0 atom stereocenters. The van der Waals surface area contributed by atoms with E-state index in [-0.39, 0.29) is 25.0 Å². The highest BCUT2D eigenvalue weighted by atomic mass is 16.5. The van der Waals surface area contributed by atoms with Gasteiger partial charge in [0.05, 0.1) is 39.6 Å². The summed E-state index contributed by atoms with van der Waals surface area (Å²) in [6, 6.07) is 7.16. The molecule has 0 saturated carbocycles. The van der Waals surface area contributed by atoms with Crippen molar-refractivity contribution < 1.29 is 42.9 Å². The van der Waals surface area contributed by atoms with Crippen LogP contribution in [0, 0.1) is 0 Å². The number of benzene rings is 1. The van der Waals surface area contributed by atoms with Crippen LogP contribution in [-0.4, -0.2) is 96.9 Å². The lowest BCUT2D eigenvalue weighted by Gasteiger charge is -2.08. The van der Waals surface area contributed by atoms with Gasteiger partial charge in [0.1, 0.15) is 31.5 Å². The van der Waals surface area contributed by atoms with Crippen molar-refractivity contribution in [2.24, 2.45) is 0 Å². The Labute approximate surface area is 256 Å². The molecular formula is C32H52N2O9. The molecule has 0 bridgehead atoms. The highest BCUT2D eigenvalue weighted by Gasteiger charge is 2.02. The van der Waals surface area contributed by atoms with E-state index in [1.165, 1.54) is 12.8 Å². The molecule has 1 aromatic carbocycles. The largest absolute Gasteiger partial charge is 0.494 e. The fraction of sp³-hybridized carbons (Fsp3) is 0.688. The minimum absolute atomic E-state index is 0.0242. The van der Waals surface area contributed by atoms with Crippen molar-refractivity contribution in [2.45, 2.75) is 70.6 Å². The van der Waals surface area contributed by atoms with Gasteiger partial charge in [0.2, 0.25) is 11.8 Å². The second-order valence-electron chi connectivity index (χ2n) is 10.0. The standard InChI is InChI=1S/C32H52N2O9/c35-18-22-41-24-23-40-21-17-34-32(38)28-42-26-25-39-19-9-6-8-16-33-31(37)11-7-4-2-1-3-5-10-20-43-30-14-12-29(27-36)13-15-30/h12-15,18,27H,1-11,16-17,19-26,28H2,(H,33,37)(H,34,38). The van der Waals surface area contributed by atoms with Crippen molar-refractivity contribution in [2.75, 3.05) is 72.6 Å². The number of ether oxygens (including phenoxy) is 5. The topological polar surface area (TPSA) is 138 Å². The molecule has 2 amide bonds. The number of hydrogen-bond donors (Lipinski definition) is 2. The number of carbonyl (C=O) groups is 4. The van der Waals surface area contributed by atoms with Gasteiger partial charge in [0.15, 0.2) is 0 Å². The van der Waals surface area contributed by atoms with Crippen molar-refractivity contribution in [3.63, 3.8) is 0 Å². The van der Waals surface area contributed by atoms with Crippen LogP contribution in [0.2, 0.25) is 0 Å². The molecule has 0 aromatic heterocycles. The molecule has 2 N–H and O–H groups in total. The summed E-state index contributed by atoms with van der Waals surface area (Å²) in [5, 5.41) is 5.69. The first-order chi connectivity index (χ1) is 21.2. The monoisotopic (exact) mass is 608 g/mol. The molecular weight excluding hydrogens is 556 g/mol. The first kappa shape index (κ1) is 38.2. The van der Waals surface area contributed by atoms with Crippen molar-refractivity contribution in [3.05, 3.63) is 29.8 Å². The lowest BCUT2D eigenvalue weighted by Crippen LogP contribution is -2.31. The molecule has 0 radical (unpaired) electrons. The van der Waals surface area contributed by atoms with Crippen LogP contribution in [0.5, 0.6) is 5.75 Å². The maximum Gasteiger partial charge on any atom is 0.246 e. The van der Waals surface area contributed by atoms with Gasteiger partial charge in [-0.05, 0) is 56.4 Å². The summed E-state index contributed by atoms with van der Waals surface area (Å²) in [5.41, 5.74) is 0.653. The maximum absolute atomic E-state index is 12.0. The Bertz CT molecular complexity index is 837. The molecule has 0 aliphatic rings. The van der Waals surface area contributed by atoms with E-state index in [0.717, 1.165) is 63.4 Å². The lowest BCUT2D eigenvalue weighted by atomic mass is 10.1. The zero-order valence-electron chi connectivity index (χ0n) is 25.7. The number of rotatable bonds is 31. The van der Waals surface area contributed by atoms with E-state index in [2.05, 4.69) is 10.6 Å². The quantitative estimate of drug-likeness (QED) is 0.0955. The van der Waals surface area contributed by atoms with Gasteiger partial charge < -0.3 is 39.1 Å². The van der Waals surface area contributed by atoms with Crippen LogP contribution in [0.1, 0.15) is 81.0 Å². The van der Waals surface area contributed by atoms with Crippen molar-refractivity contribution in [3.8, 4) is 5.75 Å². The zero-order valence-corrected chi connectivity index (χ0v) is 25.7. The molecule has 244 valence electrons. The number of nitrogens with one attached hydrogen (secondary N) is 2. The molecule has 0 fully saturated rings. The number of carbonyl (C=O) groups excluding carboxylic acids is 4. The van der Waals surface area contributed by atoms with Gasteiger partial charge in [-0.3, -0.25) is 14.4 Å². The molecule has 11 nitrogen and oxygen atoms in total. The average Bonchev–Trinajstić information content (AvgIpc) is 3.02. The van der Waals surface area contributed by atoms with Gasteiger partial charge >= 0.3 is 0 Å². The van der Waals surface area contributed by atoms with E-state index >= 15 is 0 Å². The number of amides is 2. The smallest absolute Gasteiger partial charge is 0.246 e. The first-order valence-corrected chi connectivity index (χ1v) is 15.6. The normalized spacial score (nSPS) is 10.8. The summed E-state index contributed by atoms with van der Waals surface area (Å²) in [7, 11) is 0. The Morgan fingerprint density at radius 3 is 1.93 bits per heavy atom. The third-order valence-corrected chi connectivity index (χ3v) is 6.35. The molecule has 1 aromatic rings. The molecule has 0 saturated heterocycles. The second-order valence-corrected chi connectivity index (χ2v) is 10.0. The van der Waals surface area contributed by atoms with E-state index in [0.29, 0.717) is 77.6 Å². The molecule has 0 spiro atoms. The van der Waals surface area contributed by atoms with Gasteiger partial charge in [0.25, 0.3) is 0 Å².